The molecule has 0 aliphatic rings. The standard InChI is InChI=1S/C42H72N2O7/c1-3-5-7-9-11-13-15-16-17-18-20-23-27-31-37(51-41(48)34-30-26-21-19-14-12-10-8-6-4-2)32-28-24-22-25-29-33-39(46)43-35-40(47)44-38(36-45)42(49)50/h5,7,11,13,16-17,20,23,37-38,45H,3-4,6,8-10,12,14-15,18-19,21-22,24-36H2,1-2H3,(H,43,46)(H,44,47)(H,49,50)/b7-5-,13-11-,17-16-,23-20-. The number of aliphatic hydroxyl groups is 1. The fraction of sp³-hybridized carbons (Fsp3) is 0.714. The van der Waals surface area contributed by atoms with Crippen LogP contribution in [-0.4, -0.2) is 59.3 Å². The van der Waals surface area contributed by atoms with Crippen molar-refractivity contribution < 1.29 is 34.1 Å². The molecule has 0 aliphatic carbocycles. The van der Waals surface area contributed by atoms with Crippen molar-refractivity contribution >= 4 is 23.8 Å². The van der Waals surface area contributed by atoms with Crippen LogP contribution in [0.15, 0.2) is 48.6 Å². The molecule has 0 radical (unpaired) electrons. The number of allylic oxidation sites excluding steroid dienone is 8. The zero-order valence-corrected chi connectivity index (χ0v) is 32.1. The first-order valence-electron chi connectivity index (χ1n) is 20.0. The van der Waals surface area contributed by atoms with Gasteiger partial charge in [-0.25, -0.2) is 4.79 Å². The lowest BCUT2D eigenvalue weighted by molar-refractivity contribution is -0.150. The van der Waals surface area contributed by atoms with E-state index in [0.717, 1.165) is 83.5 Å². The number of aliphatic hydroxyl groups excluding tert-OH is 1. The molecule has 0 bridgehead atoms. The predicted octanol–water partition coefficient (Wildman–Crippen LogP) is 9.20. The average Bonchev–Trinajstić information content (AvgIpc) is 3.11. The molecule has 292 valence electrons. The maximum absolute atomic E-state index is 12.7. The van der Waals surface area contributed by atoms with Crippen LogP contribution in [0, 0.1) is 0 Å². The molecule has 0 rings (SSSR count). The molecule has 51 heavy (non-hydrogen) atoms. The molecule has 9 nitrogen and oxygen atoms in total. The molecule has 9 heteroatoms. The second kappa shape index (κ2) is 36.6. The molecular weight excluding hydrogens is 644 g/mol. The number of ether oxygens (including phenoxy) is 1. The Balaban J connectivity index is 4.44. The number of nitrogens with one attached hydrogen (secondary N) is 2. The molecule has 0 aliphatic heterocycles. The molecule has 2 atom stereocenters. The van der Waals surface area contributed by atoms with Gasteiger partial charge in [0, 0.05) is 12.8 Å². The quantitative estimate of drug-likeness (QED) is 0.0291. The monoisotopic (exact) mass is 717 g/mol. The first-order chi connectivity index (χ1) is 24.8. The first-order valence-corrected chi connectivity index (χ1v) is 20.0. The van der Waals surface area contributed by atoms with Gasteiger partial charge in [-0.1, -0.05) is 140 Å². The first kappa shape index (κ1) is 47.8. The third-order valence-electron chi connectivity index (χ3n) is 8.60. The smallest absolute Gasteiger partial charge is 0.328 e. The Morgan fingerprint density at radius 2 is 1.12 bits per heavy atom. The summed E-state index contributed by atoms with van der Waals surface area (Å²) < 4.78 is 5.96. The van der Waals surface area contributed by atoms with E-state index in [1.165, 1.54) is 51.4 Å². The number of carbonyl (C=O) groups is 4. The van der Waals surface area contributed by atoms with E-state index in [9.17, 15) is 19.2 Å². The van der Waals surface area contributed by atoms with Gasteiger partial charge in [0.05, 0.1) is 13.2 Å². The molecular formula is C42H72N2O7. The number of rotatable bonds is 35. The highest BCUT2D eigenvalue weighted by atomic mass is 16.5. The summed E-state index contributed by atoms with van der Waals surface area (Å²) in [5.74, 6) is -2.35. The summed E-state index contributed by atoms with van der Waals surface area (Å²) >= 11 is 0. The largest absolute Gasteiger partial charge is 0.480 e. The number of hydrogen-bond donors (Lipinski definition) is 4. The van der Waals surface area contributed by atoms with Crippen molar-refractivity contribution in [2.24, 2.45) is 0 Å². The van der Waals surface area contributed by atoms with E-state index in [2.05, 4.69) is 73.1 Å². The zero-order valence-electron chi connectivity index (χ0n) is 32.1. The van der Waals surface area contributed by atoms with Crippen LogP contribution in [-0.2, 0) is 23.9 Å². The van der Waals surface area contributed by atoms with Crippen molar-refractivity contribution in [3.05, 3.63) is 48.6 Å². The summed E-state index contributed by atoms with van der Waals surface area (Å²) in [5, 5.41) is 22.5. The molecule has 0 saturated heterocycles. The van der Waals surface area contributed by atoms with Crippen LogP contribution in [0.25, 0.3) is 0 Å². The van der Waals surface area contributed by atoms with Gasteiger partial charge in [-0.2, -0.15) is 0 Å². The van der Waals surface area contributed by atoms with Crippen molar-refractivity contribution in [1.82, 2.24) is 10.6 Å². The molecule has 0 aromatic heterocycles. The summed E-state index contributed by atoms with van der Waals surface area (Å²) in [4.78, 5) is 47.4. The van der Waals surface area contributed by atoms with Gasteiger partial charge in [-0.3, -0.25) is 14.4 Å². The molecule has 4 N–H and O–H groups in total. The lowest BCUT2D eigenvalue weighted by Gasteiger charge is -2.17. The zero-order chi connectivity index (χ0) is 37.6. The summed E-state index contributed by atoms with van der Waals surface area (Å²) in [6.45, 7) is 3.33. The summed E-state index contributed by atoms with van der Waals surface area (Å²) in [5.41, 5.74) is 0. The number of aliphatic carboxylic acids is 1. The fourth-order valence-corrected chi connectivity index (χ4v) is 5.53. The number of esters is 1. The Hall–Kier alpha value is -3.20. The van der Waals surface area contributed by atoms with Gasteiger partial charge >= 0.3 is 11.9 Å². The van der Waals surface area contributed by atoms with Crippen molar-refractivity contribution in [2.45, 2.75) is 180 Å². The van der Waals surface area contributed by atoms with Crippen LogP contribution in [0.1, 0.15) is 168 Å². The summed E-state index contributed by atoms with van der Waals surface area (Å²) in [6, 6.07) is -1.39. The van der Waals surface area contributed by atoms with E-state index in [4.69, 9.17) is 14.9 Å². The number of amides is 2. The van der Waals surface area contributed by atoms with E-state index in [-0.39, 0.29) is 30.9 Å². The second-order valence-electron chi connectivity index (χ2n) is 13.3. The molecule has 0 spiro atoms. The van der Waals surface area contributed by atoms with Gasteiger partial charge in [0.15, 0.2) is 0 Å². The Morgan fingerprint density at radius 3 is 1.67 bits per heavy atom. The lowest BCUT2D eigenvalue weighted by Crippen LogP contribution is -2.47. The minimum atomic E-state index is -1.39. The maximum atomic E-state index is 12.7. The molecule has 0 heterocycles. The van der Waals surface area contributed by atoms with Crippen LogP contribution >= 0.6 is 0 Å². The molecule has 0 saturated carbocycles. The molecule has 0 fully saturated rings. The average molecular weight is 717 g/mol. The predicted molar refractivity (Wildman–Crippen MR) is 208 cm³/mol. The van der Waals surface area contributed by atoms with Crippen molar-refractivity contribution in [3.8, 4) is 0 Å². The van der Waals surface area contributed by atoms with Crippen molar-refractivity contribution in [2.75, 3.05) is 13.2 Å². The van der Waals surface area contributed by atoms with Crippen molar-refractivity contribution in [3.63, 3.8) is 0 Å². The third kappa shape index (κ3) is 33.7. The van der Waals surface area contributed by atoms with Gasteiger partial charge in [0.1, 0.15) is 12.1 Å². The number of carboxylic acid groups (broad SMARTS) is 1. The van der Waals surface area contributed by atoms with Gasteiger partial charge in [-0.05, 0) is 64.2 Å². The van der Waals surface area contributed by atoms with Gasteiger partial charge in [0.2, 0.25) is 11.8 Å². The highest BCUT2D eigenvalue weighted by molar-refractivity contribution is 5.87. The molecule has 2 unspecified atom stereocenters. The van der Waals surface area contributed by atoms with E-state index in [0.29, 0.717) is 12.8 Å². The maximum Gasteiger partial charge on any atom is 0.328 e. The van der Waals surface area contributed by atoms with E-state index in [1.54, 1.807) is 0 Å². The summed E-state index contributed by atoms with van der Waals surface area (Å²) in [7, 11) is 0. The third-order valence-corrected chi connectivity index (χ3v) is 8.60. The van der Waals surface area contributed by atoms with Crippen LogP contribution in [0.3, 0.4) is 0 Å². The minimum Gasteiger partial charge on any atom is -0.480 e. The van der Waals surface area contributed by atoms with Gasteiger partial charge in [-0.15, -0.1) is 0 Å². The van der Waals surface area contributed by atoms with E-state index in [1.807, 2.05) is 0 Å². The van der Waals surface area contributed by atoms with E-state index >= 15 is 0 Å². The molecule has 0 aromatic rings. The van der Waals surface area contributed by atoms with Crippen LogP contribution in [0.4, 0.5) is 0 Å². The Kier molecular flexibility index (Phi) is 34.3. The second-order valence-corrected chi connectivity index (χ2v) is 13.3. The Labute approximate surface area is 309 Å². The minimum absolute atomic E-state index is 0.0840. The highest BCUT2D eigenvalue weighted by Gasteiger charge is 2.19. The Bertz CT molecular complexity index is 1010. The highest BCUT2D eigenvalue weighted by Crippen LogP contribution is 2.17. The van der Waals surface area contributed by atoms with Crippen LogP contribution < -0.4 is 10.6 Å². The van der Waals surface area contributed by atoms with Crippen LogP contribution in [0.5, 0.6) is 0 Å². The summed E-state index contributed by atoms with van der Waals surface area (Å²) in [6.07, 6.45) is 41.4. The topological polar surface area (TPSA) is 142 Å². The SMILES string of the molecule is CC/C=C\C/C=C\C/C=C\C/C=C\CCC(CCCCCCCC(=O)NCC(=O)NC(CO)C(=O)O)OC(=O)CCCCCCCCCCCC. The molecule has 2 amide bonds. The van der Waals surface area contributed by atoms with E-state index < -0.39 is 24.5 Å². The van der Waals surface area contributed by atoms with Crippen molar-refractivity contribution in [1.29, 1.82) is 0 Å². The number of carboxylic acids is 1. The molecule has 0 aromatic carbocycles. The fourth-order valence-electron chi connectivity index (χ4n) is 5.53. The van der Waals surface area contributed by atoms with Gasteiger partial charge < -0.3 is 25.6 Å². The Morgan fingerprint density at radius 1 is 0.608 bits per heavy atom. The lowest BCUT2D eigenvalue weighted by atomic mass is 10.0. The number of carbonyl (C=O) groups excluding carboxylic acids is 3. The number of hydrogen-bond acceptors (Lipinski definition) is 6. The van der Waals surface area contributed by atoms with Gasteiger partial charge in [0.25, 0.3) is 0 Å². The number of unbranched alkanes of at least 4 members (excludes halogenated alkanes) is 13. The normalized spacial score (nSPS) is 13.0. The van der Waals surface area contributed by atoms with Crippen LogP contribution in [0.2, 0.25) is 0 Å².